The van der Waals surface area contributed by atoms with Crippen LogP contribution in [0, 0.1) is 17.8 Å². The summed E-state index contributed by atoms with van der Waals surface area (Å²) in [5.41, 5.74) is 0. The molecule has 1 aliphatic rings. The van der Waals surface area contributed by atoms with Gasteiger partial charge < -0.3 is 14.8 Å². The van der Waals surface area contributed by atoms with Crippen molar-refractivity contribution >= 4 is 21.9 Å². The second-order valence-electron chi connectivity index (χ2n) is 8.57. The van der Waals surface area contributed by atoms with Gasteiger partial charge in [0.2, 0.25) is 10.0 Å². The summed E-state index contributed by atoms with van der Waals surface area (Å²) in [5.74, 6) is -0.131. The van der Waals surface area contributed by atoms with Crippen molar-refractivity contribution in [3.63, 3.8) is 0 Å². The van der Waals surface area contributed by atoms with E-state index in [9.17, 15) is 18.0 Å². The van der Waals surface area contributed by atoms with Crippen molar-refractivity contribution < 1.29 is 27.5 Å². The third-order valence-electron chi connectivity index (χ3n) is 5.97. The highest BCUT2D eigenvalue weighted by Gasteiger charge is 2.31. The van der Waals surface area contributed by atoms with E-state index < -0.39 is 28.6 Å². The number of hydrogen-bond acceptors (Lipinski definition) is 6. The molecule has 1 aromatic carbocycles. The lowest BCUT2D eigenvalue weighted by molar-refractivity contribution is -0.151. The van der Waals surface area contributed by atoms with E-state index in [0.29, 0.717) is 17.6 Å². The second kappa shape index (κ2) is 10.9. The minimum atomic E-state index is -3.96. The molecule has 4 unspecified atom stereocenters. The van der Waals surface area contributed by atoms with Crippen LogP contribution >= 0.6 is 0 Å². The van der Waals surface area contributed by atoms with Crippen LogP contribution in [0.5, 0.6) is 5.75 Å². The van der Waals surface area contributed by atoms with Gasteiger partial charge in [-0.25, -0.2) is 8.42 Å². The summed E-state index contributed by atoms with van der Waals surface area (Å²) in [6.45, 7) is 7.25. The molecule has 2 rings (SSSR count). The van der Waals surface area contributed by atoms with Crippen LogP contribution in [0.4, 0.5) is 0 Å². The molecule has 174 valence electrons. The molecule has 4 atom stereocenters. The zero-order chi connectivity index (χ0) is 23.2. The first-order valence-corrected chi connectivity index (χ1v) is 12.2. The number of carbonyl (C=O) groups is 2. The maximum absolute atomic E-state index is 12.7. The van der Waals surface area contributed by atoms with Gasteiger partial charge in [-0.3, -0.25) is 9.59 Å². The highest BCUT2D eigenvalue weighted by atomic mass is 32.2. The lowest BCUT2D eigenvalue weighted by Gasteiger charge is -2.34. The molecule has 9 heteroatoms. The minimum absolute atomic E-state index is 0.00454. The predicted octanol–water partition coefficient (Wildman–Crippen LogP) is 2.48. The third kappa shape index (κ3) is 6.93. The molecule has 0 radical (unpaired) electrons. The van der Waals surface area contributed by atoms with Crippen LogP contribution in [0.25, 0.3) is 0 Å². The molecule has 1 saturated carbocycles. The Morgan fingerprint density at radius 1 is 1.13 bits per heavy atom. The summed E-state index contributed by atoms with van der Waals surface area (Å²) in [4.78, 5) is 24.9. The van der Waals surface area contributed by atoms with E-state index in [4.69, 9.17) is 9.47 Å². The minimum Gasteiger partial charge on any atom is -0.497 e. The average Bonchev–Trinajstić information content (AvgIpc) is 2.73. The molecule has 0 bridgehead atoms. The molecule has 0 spiro atoms. The Morgan fingerprint density at radius 2 is 1.77 bits per heavy atom. The first-order chi connectivity index (χ1) is 14.5. The maximum Gasteiger partial charge on any atom is 0.324 e. The fourth-order valence-electron chi connectivity index (χ4n) is 3.71. The van der Waals surface area contributed by atoms with Crippen LogP contribution in [0.2, 0.25) is 0 Å². The van der Waals surface area contributed by atoms with Crippen LogP contribution < -0.4 is 14.8 Å². The summed E-state index contributed by atoms with van der Waals surface area (Å²) in [6, 6.07) is 4.77. The van der Waals surface area contributed by atoms with Crippen LogP contribution in [-0.4, -0.2) is 46.1 Å². The van der Waals surface area contributed by atoms with Gasteiger partial charge in [0.05, 0.1) is 12.0 Å². The van der Waals surface area contributed by atoms with Gasteiger partial charge in [-0.05, 0) is 48.4 Å². The molecular weight excluding hydrogens is 420 g/mol. The van der Waals surface area contributed by atoms with E-state index in [-0.39, 0.29) is 22.8 Å². The number of sulfonamides is 1. The van der Waals surface area contributed by atoms with Gasteiger partial charge in [0.25, 0.3) is 5.91 Å². The molecule has 31 heavy (non-hydrogen) atoms. The molecule has 0 aliphatic heterocycles. The average molecular weight is 455 g/mol. The fourth-order valence-corrected chi connectivity index (χ4v) is 5.04. The number of benzene rings is 1. The van der Waals surface area contributed by atoms with E-state index >= 15 is 0 Å². The van der Waals surface area contributed by atoms with Crippen molar-refractivity contribution in [2.45, 2.75) is 63.9 Å². The van der Waals surface area contributed by atoms with Crippen molar-refractivity contribution in [2.24, 2.45) is 17.8 Å². The zero-order valence-electron chi connectivity index (χ0n) is 18.9. The SMILES string of the molecule is COc1ccc(S(=O)(=O)NC(C(=O)OCC(=O)NC2CCCC(C)C2C)C(C)C)cc1. The van der Waals surface area contributed by atoms with Gasteiger partial charge in [-0.2, -0.15) is 4.72 Å². The largest absolute Gasteiger partial charge is 0.497 e. The van der Waals surface area contributed by atoms with Crippen molar-refractivity contribution in [1.82, 2.24) is 10.0 Å². The molecule has 0 aromatic heterocycles. The summed E-state index contributed by atoms with van der Waals surface area (Å²) < 4.78 is 37.9. The van der Waals surface area contributed by atoms with Gasteiger partial charge in [-0.15, -0.1) is 0 Å². The Kier molecular flexibility index (Phi) is 8.88. The van der Waals surface area contributed by atoms with Crippen molar-refractivity contribution in [3.05, 3.63) is 24.3 Å². The third-order valence-corrected chi connectivity index (χ3v) is 7.43. The lowest BCUT2D eigenvalue weighted by atomic mass is 9.78. The van der Waals surface area contributed by atoms with Crippen molar-refractivity contribution in [1.29, 1.82) is 0 Å². The van der Waals surface area contributed by atoms with E-state index in [1.165, 1.54) is 31.4 Å². The van der Waals surface area contributed by atoms with E-state index in [1.807, 2.05) is 0 Å². The monoisotopic (exact) mass is 454 g/mol. The van der Waals surface area contributed by atoms with Gasteiger partial charge >= 0.3 is 5.97 Å². The van der Waals surface area contributed by atoms with E-state index in [1.54, 1.807) is 13.8 Å². The molecule has 1 aromatic rings. The van der Waals surface area contributed by atoms with Crippen molar-refractivity contribution in [3.8, 4) is 5.75 Å². The quantitative estimate of drug-likeness (QED) is 0.555. The van der Waals surface area contributed by atoms with Gasteiger partial charge in [0.1, 0.15) is 11.8 Å². The van der Waals surface area contributed by atoms with E-state index in [2.05, 4.69) is 23.9 Å². The standard InChI is InChI=1S/C22H34N2O6S/c1-14(2)21(24-31(27,28)18-11-9-17(29-5)10-12-18)22(26)30-13-20(25)23-19-8-6-7-15(3)16(19)4/h9-12,14-16,19,21,24H,6-8,13H2,1-5H3,(H,23,25). The Labute approximate surface area is 185 Å². The Balaban J connectivity index is 1.96. The lowest BCUT2D eigenvalue weighted by Crippen LogP contribution is -2.48. The van der Waals surface area contributed by atoms with Crippen LogP contribution in [0.3, 0.4) is 0 Å². The highest BCUT2D eigenvalue weighted by Crippen LogP contribution is 2.29. The second-order valence-corrected chi connectivity index (χ2v) is 10.3. The summed E-state index contributed by atoms with van der Waals surface area (Å²) in [5, 5.41) is 2.94. The summed E-state index contributed by atoms with van der Waals surface area (Å²) in [7, 11) is -2.47. The summed E-state index contributed by atoms with van der Waals surface area (Å²) in [6.07, 6.45) is 3.10. The number of rotatable bonds is 9. The van der Waals surface area contributed by atoms with Crippen molar-refractivity contribution in [2.75, 3.05) is 13.7 Å². The molecular formula is C22H34N2O6S. The van der Waals surface area contributed by atoms with Gasteiger partial charge in [-0.1, -0.05) is 40.5 Å². The number of ether oxygens (including phenoxy) is 2. The number of amides is 1. The fraction of sp³-hybridized carbons (Fsp3) is 0.636. The maximum atomic E-state index is 12.7. The molecule has 0 heterocycles. The first-order valence-electron chi connectivity index (χ1n) is 10.7. The van der Waals surface area contributed by atoms with Crippen LogP contribution in [-0.2, 0) is 24.3 Å². The normalized spacial score (nSPS) is 22.6. The topological polar surface area (TPSA) is 111 Å². The number of methoxy groups -OCH3 is 1. The van der Waals surface area contributed by atoms with E-state index in [0.717, 1.165) is 19.3 Å². The Hall–Kier alpha value is -2.13. The Bertz CT molecular complexity index is 853. The Morgan fingerprint density at radius 3 is 2.35 bits per heavy atom. The predicted molar refractivity (Wildman–Crippen MR) is 117 cm³/mol. The number of carbonyl (C=O) groups excluding carboxylic acids is 2. The zero-order valence-corrected chi connectivity index (χ0v) is 19.7. The first kappa shape index (κ1) is 25.1. The molecule has 8 nitrogen and oxygen atoms in total. The van der Waals surface area contributed by atoms with Gasteiger partial charge in [0.15, 0.2) is 6.61 Å². The number of hydrogen-bond donors (Lipinski definition) is 2. The highest BCUT2D eigenvalue weighted by molar-refractivity contribution is 7.89. The molecule has 0 saturated heterocycles. The number of nitrogens with one attached hydrogen (secondary N) is 2. The van der Waals surface area contributed by atoms with Crippen LogP contribution in [0.1, 0.15) is 47.0 Å². The van der Waals surface area contributed by atoms with Gasteiger partial charge in [0, 0.05) is 6.04 Å². The summed E-state index contributed by atoms with van der Waals surface area (Å²) >= 11 is 0. The number of esters is 1. The smallest absolute Gasteiger partial charge is 0.324 e. The molecule has 1 fully saturated rings. The molecule has 1 aliphatic carbocycles. The van der Waals surface area contributed by atoms with Crippen LogP contribution in [0.15, 0.2) is 29.2 Å². The molecule has 1 amide bonds. The molecule has 2 N–H and O–H groups in total.